The molecule has 2 unspecified atom stereocenters. The van der Waals surface area contributed by atoms with Crippen LogP contribution in [0, 0.1) is 5.92 Å². The number of hydrogen-bond acceptors (Lipinski definition) is 3. The highest BCUT2D eigenvalue weighted by atomic mass is 32.2. The predicted molar refractivity (Wildman–Crippen MR) is 94.1 cm³/mol. The van der Waals surface area contributed by atoms with Gasteiger partial charge in [0.1, 0.15) is 0 Å². The van der Waals surface area contributed by atoms with Crippen molar-refractivity contribution >= 4 is 28.4 Å². The monoisotopic (exact) mass is 317 g/mol. The number of aliphatic hydroxyl groups excluding tert-OH is 1. The summed E-state index contributed by atoms with van der Waals surface area (Å²) in [5.41, 5.74) is 1.14. The third-order valence-corrected chi connectivity index (χ3v) is 4.89. The van der Waals surface area contributed by atoms with E-state index in [2.05, 4.69) is 29.6 Å². The molecule has 22 heavy (non-hydrogen) atoms. The summed E-state index contributed by atoms with van der Waals surface area (Å²) >= 11 is 1.56. The lowest BCUT2D eigenvalue weighted by atomic mass is 10.00. The molecule has 4 heteroatoms. The Morgan fingerprint density at radius 3 is 2.68 bits per heavy atom. The van der Waals surface area contributed by atoms with Gasteiger partial charge in [0.05, 0.1) is 11.8 Å². The fourth-order valence-corrected chi connectivity index (χ4v) is 3.29. The maximum absolute atomic E-state index is 12.0. The molecule has 0 bridgehead atoms. The molecule has 0 heterocycles. The molecule has 3 nitrogen and oxygen atoms in total. The summed E-state index contributed by atoms with van der Waals surface area (Å²) in [7, 11) is 0. The van der Waals surface area contributed by atoms with Gasteiger partial charge < -0.3 is 10.4 Å². The average Bonchev–Trinajstić information content (AvgIpc) is 2.54. The van der Waals surface area contributed by atoms with Gasteiger partial charge in [0.25, 0.3) is 0 Å². The van der Waals surface area contributed by atoms with E-state index >= 15 is 0 Å². The zero-order valence-corrected chi connectivity index (χ0v) is 13.9. The third-order valence-electron chi connectivity index (χ3n) is 3.61. The first-order valence-corrected chi connectivity index (χ1v) is 8.73. The molecule has 2 rings (SSSR count). The van der Waals surface area contributed by atoms with Gasteiger partial charge in [-0.25, -0.2) is 0 Å². The maximum atomic E-state index is 12.0. The van der Waals surface area contributed by atoms with Gasteiger partial charge >= 0.3 is 0 Å². The van der Waals surface area contributed by atoms with E-state index in [1.54, 1.807) is 11.8 Å². The van der Waals surface area contributed by atoms with Crippen molar-refractivity contribution in [2.75, 3.05) is 18.1 Å². The van der Waals surface area contributed by atoms with Crippen molar-refractivity contribution < 1.29 is 9.90 Å². The normalized spacial score (nSPS) is 13.8. The van der Waals surface area contributed by atoms with Crippen molar-refractivity contribution in [1.29, 1.82) is 0 Å². The number of hydrogen-bond donors (Lipinski definition) is 2. The Hall–Kier alpha value is -1.52. The molecule has 0 aliphatic heterocycles. The highest BCUT2D eigenvalue weighted by Gasteiger charge is 2.12. The Morgan fingerprint density at radius 1 is 1.18 bits per heavy atom. The predicted octanol–water partition coefficient (Wildman–Crippen LogP) is 3.38. The van der Waals surface area contributed by atoms with Crippen molar-refractivity contribution in [3.63, 3.8) is 0 Å². The molecule has 0 saturated carbocycles. The Morgan fingerprint density at radius 2 is 1.91 bits per heavy atom. The molecular weight excluding hydrogens is 294 g/mol. The summed E-state index contributed by atoms with van der Waals surface area (Å²) < 4.78 is 0. The van der Waals surface area contributed by atoms with Crippen LogP contribution in [0.25, 0.3) is 10.8 Å². The van der Waals surface area contributed by atoms with Crippen LogP contribution < -0.4 is 5.32 Å². The van der Waals surface area contributed by atoms with Crippen LogP contribution in [0.15, 0.2) is 42.5 Å². The van der Waals surface area contributed by atoms with Crippen LogP contribution in [-0.4, -0.2) is 29.1 Å². The second-order valence-corrected chi connectivity index (χ2v) is 6.69. The number of carbonyl (C=O) groups excluding carboxylic acids is 1. The van der Waals surface area contributed by atoms with Gasteiger partial charge in [0, 0.05) is 6.61 Å². The topological polar surface area (TPSA) is 49.3 Å². The van der Waals surface area contributed by atoms with E-state index in [1.165, 1.54) is 10.8 Å². The molecule has 2 aromatic carbocycles. The Balaban J connectivity index is 1.96. The summed E-state index contributed by atoms with van der Waals surface area (Å²) in [5.74, 6) is 1.50. The number of aliphatic hydroxyl groups is 1. The lowest BCUT2D eigenvalue weighted by molar-refractivity contribution is -0.119. The van der Waals surface area contributed by atoms with Crippen LogP contribution in [0.2, 0.25) is 0 Å². The summed E-state index contributed by atoms with van der Waals surface area (Å²) in [6.07, 6.45) is 0. The van der Waals surface area contributed by atoms with Gasteiger partial charge in [-0.05, 0) is 34.9 Å². The average molecular weight is 317 g/mol. The Labute approximate surface area is 136 Å². The number of nitrogens with one attached hydrogen (secondary N) is 1. The van der Waals surface area contributed by atoms with Crippen molar-refractivity contribution in [2.45, 2.75) is 19.9 Å². The Kier molecular flexibility index (Phi) is 6.28. The molecule has 0 aromatic heterocycles. The lowest BCUT2D eigenvalue weighted by Gasteiger charge is -2.17. The number of amides is 1. The van der Waals surface area contributed by atoms with Crippen molar-refractivity contribution in [3.8, 4) is 0 Å². The molecule has 0 radical (unpaired) electrons. The molecule has 0 spiro atoms. The van der Waals surface area contributed by atoms with Crippen molar-refractivity contribution in [3.05, 3.63) is 48.0 Å². The number of thioether (sulfide) groups is 1. The van der Waals surface area contributed by atoms with Crippen LogP contribution in [0.4, 0.5) is 0 Å². The number of rotatable bonds is 7. The van der Waals surface area contributed by atoms with Gasteiger partial charge in [-0.2, -0.15) is 11.8 Å². The first-order valence-electron chi connectivity index (χ1n) is 7.57. The first kappa shape index (κ1) is 16.8. The molecule has 1 amide bonds. The van der Waals surface area contributed by atoms with E-state index in [4.69, 9.17) is 5.11 Å². The third kappa shape index (κ3) is 4.49. The summed E-state index contributed by atoms with van der Waals surface area (Å²) in [6.45, 7) is 4.16. The van der Waals surface area contributed by atoms with E-state index in [1.807, 2.05) is 32.0 Å². The molecule has 2 N–H and O–H groups in total. The molecule has 2 atom stereocenters. The highest BCUT2D eigenvalue weighted by Crippen LogP contribution is 2.24. The van der Waals surface area contributed by atoms with Crippen molar-refractivity contribution in [1.82, 2.24) is 5.32 Å². The standard InChI is InChI=1S/C18H23NO2S/c1-13(10-20)11-22-12-18(21)19-14(2)16-9-5-7-15-6-3-4-8-17(15)16/h3-9,13-14,20H,10-12H2,1-2H3,(H,19,21). The van der Waals surface area contributed by atoms with Gasteiger partial charge in [-0.1, -0.05) is 49.4 Å². The molecule has 0 aliphatic rings. The largest absolute Gasteiger partial charge is 0.396 e. The van der Waals surface area contributed by atoms with E-state index < -0.39 is 0 Å². The molecular formula is C18H23NO2S. The number of fused-ring (bicyclic) bond motifs is 1. The molecule has 0 aliphatic carbocycles. The number of benzene rings is 2. The maximum Gasteiger partial charge on any atom is 0.230 e. The quantitative estimate of drug-likeness (QED) is 0.823. The highest BCUT2D eigenvalue weighted by molar-refractivity contribution is 7.99. The summed E-state index contributed by atoms with van der Waals surface area (Å²) in [4.78, 5) is 12.0. The zero-order valence-electron chi connectivity index (χ0n) is 13.1. The van der Waals surface area contributed by atoms with E-state index in [0.29, 0.717) is 5.75 Å². The van der Waals surface area contributed by atoms with E-state index in [9.17, 15) is 4.79 Å². The van der Waals surface area contributed by atoms with Gasteiger partial charge in [-0.15, -0.1) is 0 Å². The SMILES string of the molecule is CC(CO)CSCC(=O)NC(C)c1cccc2ccccc12. The second kappa shape index (κ2) is 8.20. The summed E-state index contributed by atoms with van der Waals surface area (Å²) in [5, 5.41) is 14.4. The molecule has 2 aromatic rings. The molecule has 118 valence electrons. The smallest absolute Gasteiger partial charge is 0.230 e. The molecule has 0 saturated heterocycles. The van der Waals surface area contributed by atoms with Crippen LogP contribution in [0.3, 0.4) is 0 Å². The summed E-state index contributed by atoms with van der Waals surface area (Å²) in [6, 6.07) is 14.4. The van der Waals surface area contributed by atoms with Crippen LogP contribution in [0.5, 0.6) is 0 Å². The lowest BCUT2D eigenvalue weighted by Crippen LogP contribution is -2.28. The van der Waals surface area contributed by atoms with E-state index in [-0.39, 0.29) is 24.5 Å². The fraction of sp³-hybridized carbons (Fsp3) is 0.389. The van der Waals surface area contributed by atoms with Crippen LogP contribution >= 0.6 is 11.8 Å². The first-order chi connectivity index (χ1) is 10.6. The minimum Gasteiger partial charge on any atom is -0.396 e. The van der Waals surface area contributed by atoms with Crippen LogP contribution in [0.1, 0.15) is 25.5 Å². The fourth-order valence-electron chi connectivity index (χ4n) is 2.39. The second-order valence-electron chi connectivity index (χ2n) is 5.66. The zero-order chi connectivity index (χ0) is 15.9. The van der Waals surface area contributed by atoms with Crippen LogP contribution in [-0.2, 0) is 4.79 Å². The number of carbonyl (C=O) groups is 1. The van der Waals surface area contributed by atoms with Gasteiger partial charge in [0.2, 0.25) is 5.91 Å². The van der Waals surface area contributed by atoms with E-state index in [0.717, 1.165) is 11.3 Å². The van der Waals surface area contributed by atoms with Gasteiger partial charge in [0.15, 0.2) is 0 Å². The Bertz CT molecular complexity index is 624. The van der Waals surface area contributed by atoms with Gasteiger partial charge in [-0.3, -0.25) is 4.79 Å². The minimum absolute atomic E-state index is 0.0190. The van der Waals surface area contributed by atoms with Crippen molar-refractivity contribution in [2.24, 2.45) is 5.92 Å². The molecule has 0 fully saturated rings. The minimum atomic E-state index is -0.0190.